The van der Waals surface area contributed by atoms with Crippen LogP contribution in [0.4, 0.5) is 5.69 Å². The van der Waals surface area contributed by atoms with Gasteiger partial charge < -0.3 is 10.1 Å². The van der Waals surface area contributed by atoms with Crippen molar-refractivity contribution in [2.75, 3.05) is 25.6 Å². The minimum Gasteiger partial charge on any atom is -0.383 e. The molecule has 2 rings (SSSR count). The average Bonchev–Trinajstić information content (AvgIpc) is 2.39. The van der Waals surface area contributed by atoms with Crippen molar-refractivity contribution < 1.29 is 4.74 Å². The zero-order chi connectivity index (χ0) is 12.8. The Balaban J connectivity index is 1.99. The quantitative estimate of drug-likeness (QED) is 0.816. The fourth-order valence-electron chi connectivity index (χ4n) is 1.78. The lowest BCUT2D eigenvalue weighted by molar-refractivity contribution is 0.196. The number of nitrogens with zero attached hydrogens (tertiary/aromatic N) is 2. The van der Waals surface area contributed by atoms with Crippen molar-refractivity contribution in [1.29, 1.82) is 0 Å². The van der Waals surface area contributed by atoms with Crippen molar-refractivity contribution in [2.24, 2.45) is 0 Å². The van der Waals surface area contributed by atoms with Crippen LogP contribution in [0.2, 0.25) is 0 Å². The van der Waals surface area contributed by atoms with Crippen molar-refractivity contribution in [3.63, 3.8) is 0 Å². The van der Waals surface area contributed by atoms with Gasteiger partial charge in [-0.2, -0.15) is 10.2 Å². The third-order valence-corrected chi connectivity index (χ3v) is 3.01. The molecule has 1 atom stereocenters. The summed E-state index contributed by atoms with van der Waals surface area (Å²) in [5.74, 6) is 0. The highest BCUT2D eigenvalue weighted by molar-refractivity contribution is 6.20. The highest BCUT2D eigenvalue weighted by Gasteiger charge is 2.05. The van der Waals surface area contributed by atoms with Gasteiger partial charge in [0.05, 0.1) is 29.4 Å². The molecule has 0 aliphatic heterocycles. The highest BCUT2D eigenvalue weighted by atomic mass is 35.5. The largest absolute Gasteiger partial charge is 0.383 e. The zero-order valence-electron chi connectivity index (χ0n) is 10.3. The molecule has 5 heteroatoms. The van der Waals surface area contributed by atoms with E-state index >= 15 is 0 Å². The number of fused-ring (bicyclic) bond motifs is 1. The topological polar surface area (TPSA) is 47.0 Å². The van der Waals surface area contributed by atoms with E-state index in [2.05, 4.69) is 15.5 Å². The van der Waals surface area contributed by atoms with E-state index in [1.54, 1.807) is 13.3 Å². The predicted octanol–water partition coefficient (Wildman–Crippen LogP) is 2.69. The summed E-state index contributed by atoms with van der Waals surface area (Å²) >= 11 is 6.07. The smallest absolute Gasteiger partial charge is 0.0950 e. The van der Waals surface area contributed by atoms with E-state index in [4.69, 9.17) is 16.3 Å². The normalized spacial score (nSPS) is 12.6. The van der Waals surface area contributed by atoms with Crippen LogP contribution in [0, 0.1) is 0 Å². The van der Waals surface area contributed by atoms with E-state index in [0.29, 0.717) is 6.61 Å². The van der Waals surface area contributed by atoms with E-state index in [9.17, 15) is 0 Å². The molecule has 1 aromatic heterocycles. The number of hydrogen-bond donors (Lipinski definition) is 1. The summed E-state index contributed by atoms with van der Waals surface area (Å²) in [6.45, 7) is 1.35. The van der Waals surface area contributed by atoms with Crippen LogP contribution in [0.25, 0.3) is 10.9 Å². The van der Waals surface area contributed by atoms with Crippen LogP contribution in [0.15, 0.2) is 30.5 Å². The van der Waals surface area contributed by atoms with Gasteiger partial charge in [-0.15, -0.1) is 11.6 Å². The van der Waals surface area contributed by atoms with Gasteiger partial charge in [0.2, 0.25) is 0 Å². The number of hydrogen-bond acceptors (Lipinski definition) is 4. The fourth-order valence-corrected chi connectivity index (χ4v) is 2.01. The summed E-state index contributed by atoms with van der Waals surface area (Å²) < 4.78 is 4.99. The Labute approximate surface area is 111 Å². The second-order valence-corrected chi connectivity index (χ2v) is 4.66. The Kier molecular flexibility index (Phi) is 4.73. The van der Waals surface area contributed by atoms with Crippen molar-refractivity contribution in [1.82, 2.24) is 10.2 Å². The van der Waals surface area contributed by atoms with Gasteiger partial charge in [-0.05, 0) is 12.5 Å². The molecule has 4 nitrogen and oxygen atoms in total. The first kappa shape index (κ1) is 13.1. The van der Waals surface area contributed by atoms with Gasteiger partial charge in [-0.1, -0.05) is 18.2 Å². The van der Waals surface area contributed by atoms with Gasteiger partial charge >= 0.3 is 0 Å². The Hall–Kier alpha value is -1.39. The van der Waals surface area contributed by atoms with E-state index in [1.807, 2.05) is 24.3 Å². The maximum atomic E-state index is 6.07. The first-order valence-electron chi connectivity index (χ1n) is 5.88. The number of alkyl halides is 1. The molecule has 0 bridgehead atoms. The van der Waals surface area contributed by atoms with Gasteiger partial charge in [-0.25, -0.2) is 0 Å². The van der Waals surface area contributed by atoms with Gasteiger partial charge in [0.25, 0.3) is 0 Å². The molecule has 0 saturated carbocycles. The summed E-state index contributed by atoms with van der Waals surface area (Å²) in [7, 11) is 1.66. The van der Waals surface area contributed by atoms with Crippen molar-refractivity contribution >= 4 is 28.2 Å². The second kappa shape index (κ2) is 6.52. The minimum absolute atomic E-state index is 0.0311. The number of ether oxygens (including phenoxy) is 1. The van der Waals surface area contributed by atoms with Crippen LogP contribution >= 0.6 is 11.6 Å². The van der Waals surface area contributed by atoms with E-state index in [0.717, 1.165) is 29.6 Å². The maximum Gasteiger partial charge on any atom is 0.0950 e. The summed E-state index contributed by atoms with van der Waals surface area (Å²) in [6, 6.07) is 7.92. The minimum atomic E-state index is 0.0311. The average molecular weight is 266 g/mol. The number of halogens is 1. The number of nitrogens with one attached hydrogen (secondary N) is 1. The standard InChI is InChI=1S/C13H16ClN3O/c1-18-9-10(14)6-7-15-13-8-16-17-12-5-3-2-4-11(12)13/h2-5,8,10H,6-7,9H2,1H3,(H,15,17). The Morgan fingerprint density at radius 1 is 1.39 bits per heavy atom. The Morgan fingerprint density at radius 3 is 3.06 bits per heavy atom. The number of aromatic nitrogens is 2. The lowest BCUT2D eigenvalue weighted by Crippen LogP contribution is -2.13. The molecule has 0 fully saturated rings. The molecule has 0 saturated heterocycles. The molecular formula is C13H16ClN3O. The van der Waals surface area contributed by atoms with Crippen LogP contribution in [0.1, 0.15) is 6.42 Å². The van der Waals surface area contributed by atoms with Crippen molar-refractivity contribution in [2.45, 2.75) is 11.8 Å². The van der Waals surface area contributed by atoms with Gasteiger partial charge in [0, 0.05) is 19.0 Å². The Morgan fingerprint density at radius 2 is 2.22 bits per heavy atom. The molecule has 0 aliphatic rings. The molecule has 1 heterocycles. The van der Waals surface area contributed by atoms with Crippen LogP contribution < -0.4 is 5.32 Å². The summed E-state index contributed by atoms with van der Waals surface area (Å²) in [6.07, 6.45) is 2.58. The van der Waals surface area contributed by atoms with Crippen LogP contribution in [-0.4, -0.2) is 35.8 Å². The fraction of sp³-hybridized carbons (Fsp3) is 0.385. The molecule has 0 radical (unpaired) electrons. The second-order valence-electron chi connectivity index (χ2n) is 4.04. The van der Waals surface area contributed by atoms with Gasteiger partial charge in [-0.3, -0.25) is 0 Å². The van der Waals surface area contributed by atoms with E-state index < -0.39 is 0 Å². The van der Waals surface area contributed by atoms with Crippen molar-refractivity contribution in [3.8, 4) is 0 Å². The summed E-state index contributed by atoms with van der Waals surface area (Å²) in [4.78, 5) is 0. The van der Waals surface area contributed by atoms with E-state index in [1.165, 1.54) is 0 Å². The molecule has 96 valence electrons. The van der Waals surface area contributed by atoms with Crippen LogP contribution in [0.5, 0.6) is 0 Å². The summed E-state index contributed by atoms with van der Waals surface area (Å²) in [5.41, 5.74) is 1.88. The lowest BCUT2D eigenvalue weighted by Gasteiger charge is -2.11. The molecule has 1 aromatic carbocycles. The molecule has 0 amide bonds. The molecular weight excluding hydrogens is 250 g/mol. The predicted molar refractivity (Wildman–Crippen MR) is 74.2 cm³/mol. The number of methoxy groups -OCH3 is 1. The molecule has 0 spiro atoms. The van der Waals surface area contributed by atoms with E-state index in [-0.39, 0.29) is 5.38 Å². The number of anilines is 1. The maximum absolute atomic E-state index is 6.07. The van der Waals surface area contributed by atoms with Crippen molar-refractivity contribution in [3.05, 3.63) is 30.5 Å². The van der Waals surface area contributed by atoms with Gasteiger partial charge in [0.1, 0.15) is 0 Å². The first-order valence-corrected chi connectivity index (χ1v) is 6.32. The highest BCUT2D eigenvalue weighted by Crippen LogP contribution is 2.19. The van der Waals surface area contributed by atoms with Gasteiger partial charge in [0.15, 0.2) is 0 Å². The zero-order valence-corrected chi connectivity index (χ0v) is 11.0. The number of rotatable bonds is 6. The lowest BCUT2D eigenvalue weighted by atomic mass is 10.2. The summed E-state index contributed by atoms with van der Waals surface area (Å²) in [5, 5.41) is 12.5. The third kappa shape index (κ3) is 3.31. The SMILES string of the molecule is COCC(Cl)CCNc1cnnc2ccccc12. The van der Waals surface area contributed by atoms with Crippen LogP contribution in [0.3, 0.4) is 0 Å². The molecule has 1 N–H and O–H groups in total. The van der Waals surface area contributed by atoms with Crippen LogP contribution in [-0.2, 0) is 4.74 Å². The molecule has 1 unspecified atom stereocenters. The molecule has 2 aromatic rings. The third-order valence-electron chi connectivity index (χ3n) is 2.67. The molecule has 0 aliphatic carbocycles. The Bertz CT molecular complexity index is 501. The first-order chi connectivity index (χ1) is 8.81. The monoisotopic (exact) mass is 265 g/mol. The number of benzene rings is 1. The molecule has 18 heavy (non-hydrogen) atoms.